The molecule has 1 aromatic heterocycles. The van der Waals surface area contributed by atoms with Crippen molar-refractivity contribution in [3.05, 3.63) is 95.2 Å². The topological polar surface area (TPSA) is 160 Å². The number of fused-ring (bicyclic) bond motifs is 7. The fourth-order valence-corrected chi connectivity index (χ4v) is 7.14. The Morgan fingerprint density at radius 2 is 1.00 bits per heavy atom. The van der Waals surface area contributed by atoms with E-state index >= 15 is 0 Å². The minimum absolute atomic E-state index is 0.0768. The van der Waals surface area contributed by atoms with E-state index in [2.05, 4.69) is 4.98 Å². The quantitative estimate of drug-likeness (QED) is 0.119. The number of H-pyrrole nitrogens is 1. The maximum atomic E-state index is 13.5. The van der Waals surface area contributed by atoms with E-state index in [4.69, 9.17) is 8.37 Å². The fourth-order valence-electron chi connectivity index (χ4n) is 6.36. The van der Waals surface area contributed by atoms with E-state index in [1.54, 1.807) is 30.3 Å². The van der Waals surface area contributed by atoms with Crippen LogP contribution in [0.4, 0.5) is 0 Å². The molecule has 0 saturated carbocycles. The molecule has 10 nitrogen and oxygen atoms in total. The normalized spacial score (nSPS) is 12.9. The molecule has 0 bridgehead atoms. The summed E-state index contributed by atoms with van der Waals surface area (Å²) >= 11 is 0. The average Bonchev–Trinajstić information content (AvgIpc) is 2.97. The van der Waals surface area contributed by atoms with Gasteiger partial charge in [0.2, 0.25) is 0 Å². The SMILES string of the molecule is O=c1c2ccccc2c2ccc3[nH]c4c(ccc5c(OS(=O)(=O)O)c6ccccc6c(OS(=O)(=O)O)c54)c4ccc1c2c34. The predicted octanol–water partition coefficient (Wildman–Crippen LogP) is 6.25. The summed E-state index contributed by atoms with van der Waals surface area (Å²) in [5.74, 6) is -0.545. The minimum Gasteiger partial charge on any atom is -0.360 e. The van der Waals surface area contributed by atoms with Crippen LogP contribution in [0.2, 0.25) is 0 Å². The largest absolute Gasteiger partial charge is 0.446 e. The first-order valence-corrected chi connectivity index (χ1v) is 15.6. The van der Waals surface area contributed by atoms with Crippen molar-refractivity contribution < 1.29 is 34.3 Å². The van der Waals surface area contributed by atoms with Crippen LogP contribution in [-0.2, 0) is 20.8 Å². The van der Waals surface area contributed by atoms with Crippen molar-refractivity contribution in [1.82, 2.24) is 4.98 Å². The van der Waals surface area contributed by atoms with Crippen LogP contribution in [0, 0.1) is 0 Å². The maximum Gasteiger partial charge on any atom is 0.446 e. The summed E-state index contributed by atoms with van der Waals surface area (Å²) in [6.07, 6.45) is 0. The van der Waals surface area contributed by atoms with Gasteiger partial charge in [-0.15, -0.1) is 0 Å². The zero-order valence-electron chi connectivity index (χ0n) is 21.7. The van der Waals surface area contributed by atoms with Crippen LogP contribution in [-0.4, -0.2) is 30.9 Å². The minimum atomic E-state index is -5.05. The molecule has 0 saturated heterocycles. The van der Waals surface area contributed by atoms with Crippen LogP contribution in [0.5, 0.6) is 11.5 Å². The highest BCUT2D eigenvalue weighted by atomic mass is 32.3. The van der Waals surface area contributed by atoms with Crippen LogP contribution < -0.4 is 13.8 Å². The summed E-state index contributed by atoms with van der Waals surface area (Å²) in [5.41, 5.74) is 0.838. The molecule has 0 spiro atoms. The van der Waals surface area contributed by atoms with Crippen LogP contribution in [0.15, 0.2) is 89.7 Å². The van der Waals surface area contributed by atoms with Gasteiger partial charge in [-0.05, 0) is 34.4 Å². The fraction of sp³-hybridized carbons (Fsp3) is 0. The third-order valence-electron chi connectivity index (χ3n) is 7.89. The second kappa shape index (κ2) is 8.52. The summed E-state index contributed by atoms with van der Waals surface area (Å²) < 4.78 is 77.5. The molecule has 0 aliphatic carbocycles. The summed E-state index contributed by atoms with van der Waals surface area (Å²) in [6, 6.07) is 24.0. The number of nitrogens with one attached hydrogen (secondary N) is 1. The van der Waals surface area contributed by atoms with Gasteiger partial charge in [-0.25, -0.2) is 0 Å². The Hall–Kier alpha value is -5.01. The highest BCUT2D eigenvalue weighted by Gasteiger charge is 2.25. The molecule has 12 heteroatoms. The van der Waals surface area contributed by atoms with Crippen LogP contribution >= 0.6 is 0 Å². The molecule has 0 amide bonds. The van der Waals surface area contributed by atoms with Crippen molar-refractivity contribution in [3.8, 4) is 11.5 Å². The Morgan fingerprint density at radius 1 is 0.488 bits per heavy atom. The van der Waals surface area contributed by atoms with E-state index in [9.17, 15) is 30.7 Å². The summed E-state index contributed by atoms with van der Waals surface area (Å²) in [5, 5.41) is 6.08. The third-order valence-corrected chi connectivity index (χ3v) is 8.64. The number of pyridine rings is 1. The first kappa shape index (κ1) is 25.7. The monoisotopic (exact) mass is 611 g/mol. The van der Waals surface area contributed by atoms with Crippen molar-refractivity contribution in [1.29, 1.82) is 0 Å². The Labute approximate surface area is 241 Å². The van der Waals surface area contributed by atoms with Gasteiger partial charge >= 0.3 is 20.8 Å². The second-order valence-electron chi connectivity index (χ2n) is 10.2. The van der Waals surface area contributed by atoms with E-state index in [-0.39, 0.29) is 38.5 Å². The van der Waals surface area contributed by atoms with Gasteiger partial charge in [-0.2, -0.15) is 16.8 Å². The molecule has 0 atom stereocenters. The first-order chi connectivity index (χ1) is 20.5. The van der Waals surface area contributed by atoms with Crippen LogP contribution in [0.3, 0.4) is 0 Å². The molecule has 0 aliphatic rings. The molecule has 0 fully saturated rings. The number of aromatic nitrogens is 1. The van der Waals surface area contributed by atoms with Crippen molar-refractivity contribution >= 4 is 96.5 Å². The Balaban J connectivity index is 1.63. The molecule has 0 unspecified atom stereocenters. The van der Waals surface area contributed by atoms with Crippen molar-refractivity contribution in [2.75, 3.05) is 0 Å². The van der Waals surface area contributed by atoms with Gasteiger partial charge in [0.05, 0.1) is 10.9 Å². The van der Waals surface area contributed by atoms with E-state index in [1.807, 2.05) is 36.4 Å². The van der Waals surface area contributed by atoms with Gasteiger partial charge in [-0.3, -0.25) is 13.9 Å². The second-order valence-corrected chi connectivity index (χ2v) is 12.3. The number of rotatable bonds is 4. The lowest BCUT2D eigenvalue weighted by Crippen LogP contribution is -2.10. The van der Waals surface area contributed by atoms with Gasteiger partial charge < -0.3 is 13.4 Å². The van der Waals surface area contributed by atoms with Gasteiger partial charge in [0.15, 0.2) is 16.9 Å². The van der Waals surface area contributed by atoms with Crippen molar-refractivity contribution in [2.45, 2.75) is 0 Å². The molecule has 43 heavy (non-hydrogen) atoms. The lowest BCUT2D eigenvalue weighted by atomic mass is 9.90. The van der Waals surface area contributed by atoms with Gasteiger partial charge in [-0.1, -0.05) is 66.7 Å². The first-order valence-electron chi connectivity index (χ1n) is 12.9. The number of aromatic amines is 1. The van der Waals surface area contributed by atoms with E-state index in [0.717, 1.165) is 26.9 Å². The van der Waals surface area contributed by atoms with Gasteiger partial charge in [0, 0.05) is 48.6 Å². The predicted molar refractivity (Wildman–Crippen MR) is 165 cm³/mol. The molecule has 0 radical (unpaired) electrons. The molecule has 0 aliphatic heterocycles. The summed E-state index contributed by atoms with van der Waals surface area (Å²) in [7, 11) is -10.1. The van der Waals surface area contributed by atoms with Crippen molar-refractivity contribution in [3.63, 3.8) is 0 Å². The van der Waals surface area contributed by atoms with Gasteiger partial charge in [0.25, 0.3) is 0 Å². The molecular weight excluding hydrogens is 594 g/mol. The Kier molecular flexibility index (Phi) is 5.09. The van der Waals surface area contributed by atoms with E-state index < -0.39 is 20.8 Å². The highest BCUT2D eigenvalue weighted by molar-refractivity contribution is 7.81. The highest BCUT2D eigenvalue weighted by Crippen LogP contribution is 2.48. The molecule has 3 N–H and O–H groups in total. The molecule has 212 valence electrons. The Bertz CT molecular complexity index is 2810. The third kappa shape index (κ3) is 3.74. The number of hydrogen-bond acceptors (Lipinski definition) is 7. The summed E-state index contributed by atoms with van der Waals surface area (Å²) in [6.45, 7) is 0. The van der Waals surface area contributed by atoms with Gasteiger partial charge in [0.1, 0.15) is 0 Å². The van der Waals surface area contributed by atoms with E-state index in [0.29, 0.717) is 27.2 Å². The smallest absolute Gasteiger partial charge is 0.360 e. The molecule has 8 rings (SSSR count). The molecule has 7 aromatic carbocycles. The number of hydrogen-bond donors (Lipinski definition) is 3. The number of benzene rings is 7. The van der Waals surface area contributed by atoms with Crippen LogP contribution in [0.1, 0.15) is 0 Å². The lowest BCUT2D eigenvalue weighted by molar-refractivity contribution is 0.385. The van der Waals surface area contributed by atoms with E-state index in [1.165, 1.54) is 18.2 Å². The van der Waals surface area contributed by atoms with Crippen molar-refractivity contribution in [2.24, 2.45) is 0 Å². The average molecular weight is 612 g/mol. The lowest BCUT2D eigenvalue weighted by Gasteiger charge is -2.19. The summed E-state index contributed by atoms with van der Waals surface area (Å²) in [4.78, 5) is 16.8. The molecule has 8 aromatic rings. The molecular formula is C31H17NO9S2. The standard InChI is InChI=1S/C31H17NO9S2/c33-29-19-6-2-1-5-15(19)16-13-14-24-26-17(9-11-22(29)25(16)26)18-10-12-23-27(28(18)32-24)31(41-43(37,38)39)21-8-4-3-7-20(21)30(23)40-42(34,35)36/h1-14,32H,(H,34,35,36)(H,37,38,39). The zero-order chi connectivity index (χ0) is 29.8. The van der Waals surface area contributed by atoms with Crippen LogP contribution in [0.25, 0.3) is 75.7 Å². The maximum absolute atomic E-state index is 13.5. The molecule has 1 heterocycles. The zero-order valence-corrected chi connectivity index (χ0v) is 23.3. The Morgan fingerprint density at radius 3 is 1.70 bits per heavy atom.